The molecule has 0 aliphatic rings. The molecule has 0 aliphatic carbocycles. The number of carbonyl (C=O) groups excluding carboxylic acids is 1. The van der Waals surface area contributed by atoms with Crippen LogP contribution in [0.5, 0.6) is 0 Å². The Morgan fingerprint density at radius 2 is 1.74 bits per heavy atom. The number of carbonyl (C=O) groups is 1. The van der Waals surface area contributed by atoms with Crippen LogP contribution in [0.4, 0.5) is 5.69 Å². The molecular formula is C20H14BrN3O2S. The van der Waals surface area contributed by atoms with E-state index in [1.807, 2.05) is 61.5 Å². The first-order valence-corrected chi connectivity index (χ1v) is 9.77. The van der Waals surface area contributed by atoms with Crippen LogP contribution in [-0.2, 0) is 0 Å². The lowest BCUT2D eigenvalue weighted by molar-refractivity contribution is 0.103. The molecular weight excluding hydrogens is 426 g/mol. The highest BCUT2D eigenvalue weighted by Gasteiger charge is 2.12. The highest BCUT2D eigenvalue weighted by molar-refractivity contribution is 9.11. The third-order valence-electron chi connectivity index (χ3n) is 3.88. The SMILES string of the molecule is Cc1cccc(-c2nnc(-c3ccc(NC(=O)c4ccc(Br)s4)cc3)o2)c1. The second-order valence-electron chi connectivity index (χ2n) is 5.92. The number of nitrogens with one attached hydrogen (secondary N) is 1. The largest absolute Gasteiger partial charge is 0.416 e. The quantitative estimate of drug-likeness (QED) is 0.436. The summed E-state index contributed by atoms with van der Waals surface area (Å²) in [5, 5.41) is 11.1. The summed E-state index contributed by atoms with van der Waals surface area (Å²) in [5.41, 5.74) is 3.51. The van der Waals surface area contributed by atoms with Gasteiger partial charge in [0, 0.05) is 16.8 Å². The van der Waals surface area contributed by atoms with Crippen LogP contribution in [0.3, 0.4) is 0 Å². The zero-order valence-electron chi connectivity index (χ0n) is 14.3. The summed E-state index contributed by atoms with van der Waals surface area (Å²) < 4.78 is 6.71. The van der Waals surface area contributed by atoms with Crippen LogP contribution in [-0.4, -0.2) is 16.1 Å². The van der Waals surface area contributed by atoms with Crippen LogP contribution in [0.15, 0.2) is 68.9 Å². The van der Waals surface area contributed by atoms with Gasteiger partial charge in [-0.05, 0) is 71.4 Å². The maximum absolute atomic E-state index is 12.2. The summed E-state index contributed by atoms with van der Waals surface area (Å²) >= 11 is 4.75. The number of thiophene rings is 1. The average Bonchev–Trinajstić information content (AvgIpc) is 3.32. The van der Waals surface area contributed by atoms with Crippen molar-refractivity contribution in [1.82, 2.24) is 10.2 Å². The van der Waals surface area contributed by atoms with Gasteiger partial charge in [0.15, 0.2) is 0 Å². The van der Waals surface area contributed by atoms with Gasteiger partial charge in [0.2, 0.25) is 11.8 Å². The Bertz CT molecular complexity index is 1100. The third-order valence-corrected chi connectivity index (χ3v) is 5.50. The van der Waals surface area contributed by atoms with Gasteiger partial charge >= 0.3 is 0 Å². The van der Waals surface area contributed by atoms with E-state index in [9.17, 15) is 4.79 Å². The fraction of sp³-hybridized carbons (Fsp3) is 0.0500. The molecule has 0 saturated heterocycles. The van der Waals surface area contributed by atoms with Crippen molar-refractivity contribution in [2.75, 3.05) is 5.32 Å². The molecule has 2 aromatic carbocycles. The van der Waals surface area contributed by atoms with Gasteiger partial charge in [-0.25, -0.2) is 0 Å². The van der Waals surface area contributed by atoms with Gasteiger partial charge < -0.3 is 9.73 Å². The summed E-state index contributed by atoms with van der Waals surface area (Å²) in [4.78, 5) is 12.9. The molecule has 1 amide bonds. The topological polar surface area (TPSA) is 68.0 Å². The van der Waals surface area contributed by atoms with Crippen molar-refractivity contribution in [3.8, 4) is 22.9 Å². The van der Waals surface area contributed by atoms with Gasteiger partial charge in [0.25, 0.3) is 5.91 Å². The monoisotopic (exact) mass is 439 g/mol. The second-order valence-corrected chi connectivity index (χ2v) is 8.38. The lowest BCUT2D eigenvalue weighted by Crippen LogP contribution is -2.09. The van der Waals surface area contributed by atoms with Gasteiger partial charge in [0.1, 0.15) is 0 Å². The molecule has 2 heterocycles. The summed E-state index contributed by atoms with van der Waals surface area (Å²) in [6.45, 7) is 2.02. The Hall–Kier alpha value is -2.77. The molecule has 0 unspecified atom stereocenters. The number of benzene rings is 2. The Balaban J connectivity index is 1.50. The molecule has 0 bridgehead atoms. The van der Waals surface area contributed by atoms with Crippen molar-refractivity contribution >= 4 is 38.9 Å². The van der Waals surface area contributed by atoms with E-state index in [1.54, 1.807) is 6.07 Å². The minimum absolute atomic E-state index is 0.141. The first-order valence-electron chi connectivity index (χ1n) is 8.16. The molecule has 0 fully saturated rings. The Kier molecular flexibility index (Phi) is 4.87. The standard InChI is InChI=1S/C20H14BrN3O2S/c1-12-3-2-4-14(11-12)20-24-23-19(26-20)13-5-7-15(8-6-13)22-18(25)16-9-10-17(21)27-16/h2-11H,1H3,(H,22,25). The summed E-state index contributed by atoms with van der Waals surface area (Å²) in [7, 11) is 0. The molecule has 0 atom stereocenters. The third kappa shape index (κ3) is 3.99. The smallest absolute Gasteiger partial charge is 0.265 e. The molecule has 0 radical (unpaired) electrons. The van der Waals surface area contributed by atoms with E-state index in [-0.39, 0.29) is 5.91 Å². The number of aryl methyl sites for hydroxylation is 1. The Labute approximate surface area is 168 Å². The first-order chi connectivity index (χ1) is 13.1. The van der Waals surface area contributed by atoms with Crippen molar-refractivity contribution in [3.05, 3.63) is 74.9 Å². The molecule has 2 aromatic heterocycles. The van der Waals surface area contributed by atoms with E-state index in [0.29, 0.717) is 22.3 Å². The summed E-state index contributed by atoms with van der Waals surface area (Å²) in [6.07, 6.45) is 0. The minimum atomic E-state index is -0.141. The van der Waals surface area contributed by atoms with Gasteiger partial charge in [-0.1, -0.05) is 17.7 Å². The number of hydrogen-bond donors (Lipinski definition) is 1. The highest BCUT2D eigenvalue weighted by atomic mass is 79.9. The van der Waals surface area contributed by atoms with E-state index in [1.165, 1.54) is 11.3 Å². The van der Waals surface area contributed by atoms with Crippen molar-refractivity contribution in [1.29, 1.82) is 0 Å². The molecule has 0 saturated carbocycles. The molecule has 27 heavy (non-hydrogen) atoms. The minimum Gasteiger partial charge on any atom is -0.416 e. The molecule has 4 aromatic rings. The van der Waals surface area contributed by atoms with Crippen LogP contribution >= 0.6 is 27.3 Å². The number of anilines is 1. The van der Waals surface area contributed by atoms with E-state index in [4.69, 9.17) is 4.42 Å². The number of halogens is 1. The number of amides is 1. The fourth-order valence-electron chi connectivity index (χ4n) is 2.56. The highest BCUT2D eigenvalue weighted by Crippen LogP contribution is 2.26. The Morgan fingerprint density at radius 1 is 1.00 bits per heavy atom. The van der Waals surface area contributed by atoms with E-state index < -0.39 is 0 Å². The van der Waals surface area contributed by atoms with Gasteiger partial charge in [0.05, 0.1) is 8.66 Å². The zero-order valence-corrected chi connectivity index (χ0v) is 16.7. The second kappa shape index (κ2) is 7.46. The average molecular weight is 440 g/mol. The lowest BCUT2D eigenvalue weighted by Gasteiger charge is -2.04. The molecule has 4 rings (SSSR count). The molecule has 7 heteroatoms. The molecule has 134 valence electrons. The number of aromatic nitrogens is 2. The van der Waals surface area contributed by atoms with Crippen molar-refractivity contribution in [2.45, 2.75) is 6.92 Å². The number of nitrogens with zero attached hydrogens (tertiary/aromatic N) is 2. The predicted molar refractivity (Wildman–Crippen MR) is 110 cm³/mol. The first kappa shape index (κ1) is 17.6. The van der Waals surface area contributed by atoms with Crippen LogP contribution in [0.2, 0.25) is 0 Å². The molecule has 1 N–H and O–H groups in total. The van der Waals surface area contributed by atoms with Crippen LogP contribution in [0, 0.1) is 6.92 Å². The Morgan fingerprint density at radius 3 is 2.41 bits per heavy atom. The zero-order chi connectivity index (χ0) is 18.8. The lowest BCUT2D eigenvalue weighted by atomic mass is 10.1. The van der Waals surface area contributed by atoms with Crippen molar-refractivity contribution in [2.24, 2.45) is 0 Å². The van der Waals surface area contributed by atoms with E-state index >= 15 is 0 Å². The maximum atomic E-state index is 12.2. The van der Waals surface area contributed by atoms with Crippen molar-refractivity contribution in [3.63, 3.8) is 0 Å². The van der Waals surface area contributed by atoms with E-state index in [2.05, 4.69) is 31.4 Å². The maximum Gasteiger partial charge on any atom is 0.265 e. The normalized spacial score (nSPS) is 10.7. The van der Waals surface area contributed by atoms with Gasteiger partial charge in [-0.2, -0.15) is 0 Å². The van der Waals surface area contributed by atoms with Crippen LogP contribution in [0.1, 0.15) is 15.2 Å². The van der Waals surface area contributed by atoms with Crippen molar-refractivity contribution < 1.29 is 9.21 Å². The van der Waals surface area contributed by atoms with Crippen LogP contribution in [0.25, 0.3) is 22.9 Å². The van der Waals surface area contributed by atoms with Crippen LogP contribution < -0.4 is 5.32 Å². The summed E-state index contributed by atoms with van der Waals surface area (Å²) in [6, 6.07) is 18.8. The fourth-order valence-corrected chi connectivity index (χ4v) is 3.84. The van der Waals surface area contributed by atoms with Gasteiger partial charge in [-0.3, -0.25) is 4.79 Å². The van der Waals surface area contributed by atoms with Gasteiger partial charge in [-0.15, -0.1) is 21.5 Å². The van der Waals surface area contributed by atoms with E-state index in [0.717, 1.165) is 20.5 Å². The molecule has 0 spiro atoms. The molecule has 0 aliphatic heterocycles. The predicted octanol–water partition coefficient (Wildman–Crippen LogP) is 5.79. The molecule has 5 nitrogen and oxygen atoms in total. The summed E-state index contributed by atoms with van der Waals surface area (Å²) in [5.74, 6) is 0.777. The number of hydrogen-bond acceptors (Lipinski definition) is 5. The number of rotatable bonds is 4.